The van der Waals surface area contributed by atoms with Gasteiger partial charge in [-0.05, 0) is 43.7 Å². The van der Waals surface area contributed by atoms with Crippen LogP contribution in [0.2, 0.25) is 0 Å². The Balaban J connectivity index is 1.69. The van der Waals surface area contributed by atoms with E-state index >= 15 is 0 Å². The van der Waals surface area contributed by atoms with E-state index in [1.807, 2.05) is 41.8 Å². The Labute approximate surface area is 236 Å². The third-order valence-corrected chi connectivity index (χ3v) is 7.26. The number of rotatable bonds is 9. The van der Waals surface area contributed by atoms with E-state index in [4.69, 9.17) is 28.7 Å². The number of methoxy groups -OCH3 is 5. The van der Waals surface area contributed by atoms with Crippen LogP contribution in [0.4, 0.5) is 10.8 Å². The molecule has 11 heteroatoms. The first-order chi connectivity index (χ1) is 19.3. The second-order valence-electron chi connectivity index (χ2n) is 8.82. The molecule has 0 amide bonds. The number of thiazole rings is 1. The molecule has 0 aliphatic carbocycles. The number of aromatic nitrogens is 1. The summed E-state index contributed by atoms with van der Waals surface area (Å²) in [5.41, 5.74) is 4.85. The summed E-state index contributed by atoms with van der Waals surface area (Å²) in [7, 11) is 7.31. The van der Waals surface area contributed by atoms with Gasteiger partial charge < -0.3 is 34.3 Å². The predicted molar refractivity (Wildman–Crippen MR) is 152 cm³/mol. The van der Waals surface area contributed by atoms with Gasteiger partial charge in [0, 0.05) is 28.0 Å². The van der Waals surface area contributed by atoms with E-state index in [2.05, 4.69) is 10.6 Å². The van der Waals surface area contributed by atoms with Crippen molar-refractivity contribution in [3.63, 3.8) is 0 Å². The Kier molecular flexibility index (Phi) is 8.64. The number of benzene rings is 2. The SMILES string of the molecule is COC(=O)C1=C(C)NC(C)=C(C(=O)OC)C1c1cccc(Nc2nc(-c3cc(OC)c(OC)c(OC)c3)cs2)c1. The van der Waals surface area contributed by atoms with Crippen LogP contribution in [0.15, 0.2) is 64.3 Å². The van der Waals surface area contributed by atoms with Gasteiger partial charge >= 0.3 is 11.9 Å². The topological polar surface area (TPSA) is 117 Å². The van der Waals surface area contributed by atoms with E-state index in [0.29, 0.717) is 50.5 Å². The predicted octanol–water partition coefficient (Wildman–Crippen LogP) is 5.16. The maximum atomic E-state index is 12.8. The van der Waals surface area contributed by atoms with Crippen molar-refractivity contribution in [1.29, 1.82) is 0 Å². The minimum atomic E-state index is -0.686. The van der Waals surface area contributed by atoms with Gasteiger partial charge in [0.2, 0.25) is 5.75 Å². The molecule has 40 heavy (non-hydrogen) atoms. The number of dihydropyridines is 1. The van der Waals surface area contributed by atoms with E-state index in [1.165, 1.54) is 25.6 Å². The molecule has 4 rings (SSSR count). The summed E-state index contributed by atoms with van der Waals surface area (Å²) in [6.07, 6.45) is 0. The summed E-state index contributed by atoms with van der Waals surface area (Å²) in [6, 6.07) is 11.1. The average Bonchev–Trinajstić information content (AvgIpc) is 3.43. The van der Waals surface area contributed by atoms with Gasteiger partial charge in [0.05, 0.1) is 58.3 Å². The molecular formula is C29H31N3O7S. The zero-order valence-corrected chi connectivity index (χ0v) is 24.1. The molecule has 0 saturated carbocycles. The lowest BCUT2D eigenvalue weighted by molar-refractivity contribution is -0.137. The van der Waals surface area contributed by atoms with Crippen molar-refractivity contribution in [2.45, 2.75) is 19.8 Å². The summed E-state index contributed by atoms with van der Waals surface area (Å²) < 4.78 is 26.5. The van der Waals surface area contributed by atoms with Gasteiger partial charge in [0.15, 0.2) is 16.6 Å². The van der Waals surface area contributed by atoms with E-state index < -0.39 is 17.9 Å². The molecule has 1 aliphatic heterocycles. The van der Waals surface area contributed by atoms with Crippen molar-refractivity contribution in [1.82, 2.24) is 10.3 Å². The summed E-state index contributed by atoms with van der Waals surface area (Å²) in [5.74, 6) is -0.182. The first kappa shape index (κ1) is 28.5. The van der Waals surface area contributed by atoms with Gasteiger partial charge in [-0.2, -0.15) is 0 Å². The number of carbonyl (C=O) groups is 2. The smallest absolute Gasteiger partial charge is 0.336 e. The average molecular weight is 566 g/mol. The third-order valence-electron chi connectivity index (χ3n) is 6.51. The standard InChI is InChI=1S/C29H31N3O7S/c1-15-23(27(33)38-6)25(24(16(2)30-15)28(34)39-7)17-9-8-10-19(11-17)31-29-32-20(14-40-29)18-12-21(35-3)26(37-5)22(13-18)36-4/h8-14,25,30H,1-7H3,(H,31,32). The van der Waals surface area contributed by atoms with Gasteiger partial charge in [0.1, 0.15) is 0 Å². The third kappa shape index (κ3) is 5.46. The second-order valence-corrected chi connectivity index (χ2v) is 9.68. The van der Waals surface area contributed by atoms with Crippen molar-refractivity contribution in [2.75, 3.05) is 40.9 Å². The molecule has 0 unspecified atom stereocenters. The van der Waals surface area contributed by atoms with Crippen molar-refractivity contribution < 1.29 is 33.3 Å². The summed E-state index contributed by atoms with van der Waals surface area (Å²) in [4.78, 5) is 30.4. The summed E-state index contributed by atoms with van der Waals surface area (Å²) >= 11 is 1.42. The maximum Gasteiger partial charge on any atom is 0.336 e. The number of esters is 2. The molecule has 2 heterocycles. The second kappa shape index (κ2) is 12.1. The molecule has 1 aliphatic rings. The van der Waals surface area contributed by atoms with Gasteiger partial charge in [-0.3, -0.25) is 0 Å². The lowest BCUT2D eigenvalue weighted by atomic mass is 9.80. The van der Waals surface area contributed by atoms with Crippen molar-refractivity contribution in [3.8, 4) is 28.5 Å². The molecule has 0 radical (unpaired) electrons. The molecule has 210 valence electrons. The zero-order valence-electron chi connectivity index (χ0n) is 23.3. The van der Waals surface area contributed by atoms with Crippen molar-refractivity contribution >= 4 is 34.1 Å². The van der Waals surface area contributed by atoms with Gasteiger partial charge in [-0.15, -0.1) is 11.3 Å². The molecule has 3 aromatic rings. The van der Waals surface area contributed by atoms with Crippen LogP contribution < -0.4 is 24.8 Å². The highest BCUT2D eigenvalue weighted by Gasteiger charge is 2.37. The van der Waals surface area contributed by atoms with Crippen molar-refractivity contribution in [2.24, 2.45) is 0 Å². The fourth-order valence-electron chi connectivity index (χ4n) is 4.70. The summed E-state index contributed by atoms with van der Waals surface area (Å²) in [5, 5.41) is 9.01. The Morgan fingerprint density at radius 1 is 0.875 bits per heavy atom. The fourth-order valence-corrected chi connectivity index (χ4v) is 5.44. The molecule has 0 spiro atoms. The maximum absolute atomic E-state index is 12.8. The van der Waals surface area contributed by atoms with Crippen LogP contribution in [0.1, 0.15) is 25.3 Å². The normalized spacial score (nSPS) is 13.5. The number of anilines is 2. The minimum absolute atomic E-state index is 0.338. The number of carbonyl (C=O) groups excluding carboxylic acids is 2. The molecular weight excluding hydrogens is 534 g/mol. The highest BCUT2D eigenvalue weighted by Crippen LogP contribution is 2.42. The number of ether oxygens (including phenoxy) is 5. The molecule has 0 saturated heterocycles. The van der Waals surface area contributed by atoms with Gasteiger partial charge in [-0.25, -0.2) is 14.6 Å². The Morgan fingerprint density at radius 3 is 2.00 bits per heavy atom. The molecule has 0 bridgehead atoms. The van der Waals surface area contributed by atoms with Crippen LogP contribution in [0.5, 0.6) is 17.2 Å². The van der Waals surface area contributed by atoms with Crippen molar-refractivity contribution in [3.05, 3.63) is 69.9 Å². The van der Waals surface area contributed by atoms with Crippen LogP contribution in [-0.4, -0.2) is 52.5 Å². The van der Waals surface area contributed by atoms with Crippen LogP contribution in [0.3, 0.4) is 0 Å². The summed E-state index contributed by atoms with van der Waals surface area (Å²) in [6.45, 7) is 3.55. The molecule has 0 atom stereocenters. The van der Waals surface area contributed by atoms with Crippen LogP contribution in [0.25, 0.3) is 11.3 Å². The first-order valence-corrected chi connectivity index (χ1v) is 13.1. The zero-order chi connectivity index (χ0) is 29.0. The number of hydrogen-bond donors (Lipinski definition) is 2. The van der Waals surface area contributed by atoms with Crippen LogP contribution in [-0.2, 0) is 19.1 Å². The highest BCUT2D eigenvalue weighted by atomic mass is 32.1. The first-order valence-electron chi connectivity index (χ1n) is 12.2. The van der Waals surface area contributed by atoms with E-state index in [9.17, 15) is 9.59 Å². The monoisotopic (exact) mass is 565 g/mol. The quantitative estimate of drug-likeness (QED) is 0.337. The Hall–Kier alpha value is -4.51. The number of allylic oxidation sites excluding steroid dienone is 2. The van der Waals surface area contributed by atoms with Gasteiger partial charge in [0.25, 0.3) is 0 Å². The minimum Gasteiger partial charge on any atom is -0.493 e. The largest absolute Gasteiger partial charge is 0.493 e. The van der Waals surface area contributed by atoms with Crippen LogP contribution >= 0.6 is 11.3 Å². The molecule has 2 N–H and O–H groups in total. The molecule has 10 nitrogen and oxygen atoms in total. The number of nitrogens with zero attached hydrogens (tertiary/aromatic N) is 1. The highest BCUT2D eigenvalue weighted by molar-refractivity contribution is 7.14. The molecule has 2 aromatic carbocycles. The van der Waals surface area contributed by atoms with E-state index in [1.54, 1.807) is 35.2 Å². The van der Waals surface area contributed by atoms with E-state index in [0.717, 1.165) is 16.9 Å². The molecule has 1 aromatic heterocycles. The Morgan fingerprint density at radius 2 is 1.48 bits per heavy atom. The molecule has 0 fully saturated rings. The number of nitrogens with one attached hydrogen (secondary N) is 2. The Bertz CT molecular complexity index is 1450. The number of hydrogen-bond acceptors (Lipinski definition) is 11. The fraction of sp³-hybridized carbons (Fsp3) is 0.276. The van der Waals surface area contributed by atoms with Gasteiger partial charge in [-0.1, -0.05) is 12.1 Å². The lowest BCUT2D eigenvalue weighted by Crippen LogP contribution is -2.32. The lowest BCUT2D eigenvalue weighted by Gasteiger charge is -2.30. The van der Waals surface area contributed by atoms with E-state index in [-0.39, 0.29) is 0 Å². The van der Waals surface area contributed by atoms with Crippen LogP contribution in [0, 0.1) is 0 Å².